The highest BCUT2D eigenvalue weighted by atomic mass is 19.2. The van der Waals surface area contributed by atoms with Gasteiger partial charge in [0.2, 0.25) is 5.82 Å². The highest BCUT2D eigenvalue weighted by Gasteiger charge is 2.34. The number of nitrogens with zero attached hydrogens (tertiary/aromatic N) is 1. The molecule has 0 fully saturated rings. The third-order valence-electron chi connectivity index (χ3n) is 2.54. The molecule has 0 N–H and O–H groups in total. The molecule has 1 rings (SSSR count). The molecular weight excluding hydrogens is 269 g/mol. The minimum atomic E-state index is -2.34. The number of halogens is 5. The summed E-state index contributed by atoms with van der Waals surface area (Å²) < 4.78 is 65.4. The van der Waals surface area contributed by atoms with Crippen molar-refractivity contribution in [1.82, 2.24) is 0 Å². The Bertz CT molecular complexity index is 547. The lowest BCUT2D eigenvalue weighted by Crippen LogP contribution is -2.23. The lowest BCUT2D eigenvalue weighted by Gasteiger charge is -2.13. The van der Waals surface area contributed by atoms with E-state index in [0.717, 1.165) is 0 Å². The Morgan fingerprint density at radius 3 is 1.63 bits per heavy atom. The molecule has 0 saturated heterocycles. The van der Waals surface area contributed by atoms with E-state index in [9.17, 15) is 26.7 Å². The van der Waals surface area contributed by atoms with Crippen molar-refractivity contribution in [1.29, 1.82) is 5.26 Å². The van der Waals surface area contributed by atoms with E-state index in [4.69, 9.17) is 5.26 Å². The van der Waals surface area contributed by atoms with Crippen LogP contribution in [-0.4, -0.2) is 5.78 Å². The van der Waals surface area contributed by atoms with Gasteiger partial charge in [-0.15, -0.1) is 0 Å². The Labute approximate surface area is 105 Å². The van der Waals surface area contributed by atoms with E-state index in [1.165, 1.54) is 19.9 Å². The molecule has 1 aromatic rings. The quantitative estimate of drug-likeness (QED) is 0.368. The SMILES string of the molecule is CC(C)C(C#N)C(=O)c1c(F)c(F)c(F)c(F)c1F. The Kier molecular flexibility index (Phi) is 4.24. The van der Waals surface area contributed by atoms with Gasteiger partial charge in [-0.2, -0.15) is 5.26 Å². The van der Waals surface area contributed by atoms with Gasteiger partial charge in [0.05, 0.1) is 11.6 Å². The van der Waals surface area contributed by atoms with E-state index in [-0.39, 0.29) is 0 Å². The van der Waals surface area contributed by atoms with Crippen molar-refractivity contribution in [2.24, 2.45) is 11.8 Å². The molecule has 102 valence electrons. The molecule has 0 aliphatic rings. The van der Waals surface area contributed by atoms with Gasteiger partial charge in [-0.1, -0.05) is 13.8 Å². The molecule has 0 spiro atoms. The van der Waals surface area contributed by atoms with Gasteiger partial charge in [-0.05, 0) is 5.92 Å². The summed E-state index contributed by atoms with van der Waals surface area (Å²) >= 11 is 0. The van der Waals surface area contributed by atoms with Crippen LogP contribution in [0.15, 0.2) is 0 Å². The smallest absolute Gasteiger partial charge is 0.200 e. The summed E-state index contributed by atoms with van der Waals surface area (Å²) in [5.74, 6) is -14.7. The molecule has 0 heterocycles. The first-order valence-corrected chi connectivity index (χ1v) is 5.19. The largest absolute Gasteiger partial charge is 0.292 e. The molecule has 1 atom stereocenters. The minimum absolute atomic E-state index is 0.632. The standard InChI is InChI=1S/C12H8F5NO/c1-4(2)5(3-18)12(19)6-7(13)9(15)11(17)10(16)8(6)14/h4-5H,1-2H3. The summed E-state index contributed by atoms with van der Waals surface area (Å²) in [6, 6.07) is 1.49. The monoisotopic (exact) mass is 277 g/mol. The molecule has 0 aliphatic carbocycles. The summed E-state index contributed by atoms with van der Waals surface area (Å²) in [7, 11) is 0. The predicted molar refractivity (Wildman–Crippen MR) is 54.5 cm³/mol. The van der Waals surface area contributed by atoms with E-state index in [1.54, 1.807) is 0 Å². The molecular formula is C12H8F5NO. The fourth-order valence-corrected chi connectivity index (χ4v) is 1.49. The minimum Gasteiger partial charge on any atom is -0.292 e. The van der Waals surface area contributed by atoms with E-state index >= 15 is 0 Å². The average Bonchev–Trinajstić information content (AvgIpc) is 2.34. The van der Waals surface area contributed by atoms with Crippen molar-refractivity contribution in [3.8, 4) is 6.07 Å². The van der Waals surface area contributed by atoms with Crippen LogP contribution in [0.3, 0.4) is 0 Å². The van der Waals surface area contributed by atoms with Gasteiger partial charge in [0, 0.05) is 0 Å². The molecule has 0 amide bonds. The predicted octanol–water partition coefficient (Wildman–Crippen LogP) is 3.36. The van der Waals surface area contributed by atoms with Crippen molar-refractivity contribution in [2.45, 2.75) is 13.8 Å². The third-order valence-corrected chi connectivity index (χ3v) is 2.54. The van der Waals surface area contributed by atoms with Crippen LogP contribution in [0.4, 0.5) is 22.0 Å². The second kappa shape index (κ2) is 5.34. The summed E-state index contributed by atoms with van der Waals surface area (Å²) in [5.41, 5.74) is -1.57. The molecule has 7 heteroatoms. The van der Waals surface area contributed by atoms with Gasteiger partial charge in [-0.25, -0.2) is 22.0 Å². The highest BCUT2D eigenvalue weighted by Crippen LogP contribution is 2.26. The van der Waals surface area contributed by atoms with Gasteiger partial charge in [0.1, 0.15) is 5.92 Å². The number of ketones is 1. The number of Topliss-reactive ketones (excluding diaryl/α,β-unsaturated/α-hetero) is 1. The Balaban J connectivity index is 3.53. The number of carbonyl (C=O) groups is 1. The molecule has 0 saturated carbocycles. The van der Waals surface area contributed by atoms with Crippen molar-refractivity contribution < 1.29 is 26.7 Å². The summed E-state index contributed by atoms with van der Waals surface area (Å²) in [4.78, 5) is 11.7. The fourth-order valence-electron chi connectivity index (χ4n) is 1.49. The van der Waals surface area contributed by atoms with Gasteiger partial charge in [0.25, 0.3) is 0 Å². The van der Waals surface area contributed by atoms with Crippen molar-refractivity contribution >= 4 is 5.78 Å². The normalized spacial score (nSPS) is 12.4. The second-order valence-electron chi connectivity index (χ2n) is 4.16. The van der Waals surface area contributed by atoms with Gasteiger partial charge >= 0.3 is 0 Å². The number of hydrogen-bond acceptors (Lipinski definition) is 2. The number of carbonyl (C=O) groups excluding carboxylic acids is 1. The molecule has 1 unspecified atom stereocenters. The lowest BCUT2D eigenvalue weighted by atomic mass is 9.88. The van der Waals surface area contributed by atoms with Crippen LogP contribution < -0.4 is 0 Å². The highest BCUT2D eigenvalue weighted by molar-refractivity contribution is 6.00. The summed E-state index contributed by atoms with van der Waals surface area (Å²) in [5, 5.41) is 8.73. The van der Waals surface area contributed by atoms with Crippen LogP contribution >= 0.6 is 0 Å². The molecule has 1 aromatic carbocycles. The molecule has 0 radical (unpaired) electrons. The van der Waals surface area contributed by atoms with Crippen LogP contribution in [0.25, 0.3) is 0 Å². The first-order valence-electron chi connectivity index (χ1n) is 5.19. The zero-order valence-corrected chi connectivity index (χ0v) is 9.90. The van der Waals surface area contributed by atoms with Crippen LogP contribution in [0.5, 0.6) is 0 Å². The Morgan fingerprint density at radius 2 is 1.32 bits per heavy atom. The number of rotatable bonds is 3. The van der Waals surface area contributed by atoms with Crippen LogP contribution in [-0.2, 0) is 0 Å². The number of benzene rings is 1. The summed E-state index contributed by atoms with van der Waals surface area (Å²) in [6.07, 6.45) is 0. The number of hydrogen-bond donors (Lipinski definition) is 0. The maximum absolute atomic E-state index is 13.4. The van der Waals surface area contributed by atoms with Crippen LogP contribution in [0, 0.1) is 52.3 Å². The first kappa shape index (κ1) is 15.1. The molecule has 0 aliphatic heterocycles. The molecule has 19 heavy (non-hydrogen) atoms. The maximum Gasteiger partial charge on any atom is 0.200 e. The third kappa shape index (κ3) is 2.43. The Morgan fingerprint density at radius 1 is 0.947 bits per heavy atom. The van der Waals surface area contributed by atoms with E-state index in [2.05, 4.69) is 0 Å². The summed E-state index contributed by atoms with van der Waals surface area (Å²) in [6.45, 7) is 2.83. The van der Waals surface area contributed by atoms with Gasteiger partial charge < -0.3 is 0 Å². The maximum atomic E-state index is 13.4. The van der Waals surface area contributed by atoms with E-state index in [0.29, 0.717) is 0 Å². The van der Waals surface area contributed by atoms with Crippen LogP contribution in [0.1, 0.15) is 24.2 Å². The van der Waals surface area contributed by atoms with Crippen LogP contribution in [0.2, 0.25) is 0 Å². The average molecular weight is 277 g/mol. The molecule has 2 nitrogen and oxygen atoms in total. The van der Waals surface area contributed by atoms with Crippen molar-refractivity contribution in [2.75, 3.05) is 0 Å². The lowest BCUT2D eigenvalue weighted by molar-refractivity contribution is 0.0912. The zero-order valence-electron chi connectivity index (χ0n) is 9.90. The van der Waals surface area contributed by atoms with Gasteiger partial charge in [0.15, 0.2) is 29.1 Å². The van der Waals surface area contributed by atoms with Crippen molar-refractivity contribution in [3.63, 3.8) is 0 Å². The van der Waals surface area contributed by atoms with E-state index in [1.807, 2.05) is 0 Å². The Hall–Kier alpha value is -1.97. The topological polar surface area (TPSA) is 40.9 Å². The van der Waals surface area contributed by atoms with Gasteiger partial charge in [-0.3, -0.25) is 4.79 Å². The van der Waals surface area contributed by atoms with E-state index < -0.39 is 52.3 Å². The number of nitriles is 1. The molecule has 0 bridgehead atoms. The van der Waals surface area contributed by atoms with Crippen molar-refractivity contribution in [3.05, 3.63) is 34.6 Å². The molecule has 0 aromatic heterocycles. The first-order chi connectivity index (χ1) is 8.73. The zero-order chi connectivity index (χ0) is 14.9. The second-order valence-corrected chi connectivity index (χ2v) is 4.16. The fraction of sp³-hybridized carbons (Fsp3) is 0.333.